The molecular weight excluding hydrogens is 268 g/mol. The van der Waals surface area contributed by atoms with Crippen LogP contribution in [-0.2, 0) is 4.79 Å². The Morgan fingerprint density at radius 1 is 1.14 bits per heavy atom. The zero-order chi connectivity index (χ0) is 15.4. The predicted octanol–water partition coefficient (Wildman–Crippen LogP) is 1.65. The second-order valence-corrected chi connectivity index (χ2v) is 5.72. The van der Waals surface area contributed by atoms with E-state index in [2.05, 4.69) is 11.9 Å². The summed E-state index contributed by atoms with van der Waals surface area (Å²) in [6, 6.07) is 7.32. The summed E-state index contributed by atoms with van der Waals surface area (Å²) < 4.78 is 0. The first-order valence-electron chi connectivity index (χ1n) is 7.27. The number of benzene rings is 1. The van der Waals surface area contributed by atoms with Crippen molar-refractivity contribution in [2.24, 2.45) is 0 Å². The lowest BCUT2D eigenvalue weighted by molar-refractivity contribution is -0.137. The third-order valence-electron chi connectivity index (χ3n) is 4.00. The Bertz CT molecular complexity index is 505. The minimum atomic E-state index is -0.805. The van der Waals surface area contributed by atoms with E-state index < -0.39 is 5.97 Å². The Morgan fingerprint density at radius 2 is 1.71 bits per heavy atom. The van der Waals surface area contributed by atoms with Crippen molar-refractivity contribution in [3.05, 3.63) is 35.4 Å². The van der Waals surface area contributed by atoms with E-state index >= 15 is 0 Å². The van der Waals surface area contributed by atoms with Crippen LogP contribution in [-0.4, -0.2) is 60.0 Å². The van der Waals surface area contributed by atoms with Gasteiger partial charge in [0.15, 0.2) is 0 Å². The lowest BCUT2D eigenvalue weighted by Gasteiger charge is -2.32. The number of hydrogen-bond acceptors (Lipinski definition) is 3. The van der Waals surface area contributed by atoms with E-state index in [-0.39, 0.29) is 18.2 Å². The molecule has 21 heavy (non-hydrogen) atoms. The normalized spacial score (nSPS) is 17.5. The van der Waals surface area contributed by atoms with Crippen LogP contribution in [0, 0.1) is 0 Å². The van der Waals surface area contributed by atoms with Crippen LogP contribution in [0.5, 0.6) is 0 Å². The average molecular weight is 290 g/mol. The Kier molecular flexibility index (Phi) is 4.96. The van der Waals surface area contributed by atoms with Gasteiger partial charge in [-0.05, 0) is 30.7 Å². The number of carbonyl (C=O) groups is 2. The Labute approximate surface area is 125 Å². The van der Waals surface area contributed by atoms with Gasteiger partial charge in [0.1, 0.15) is 0 Å². The topological polar surface area (TPSA) is 60.9 Å². The molecule has 0 bridgehead atoms. The molecule has 5 nitrogen and oxygen atoms in total. The summed E-state index contributed by atoms with van der Waals surface area (Å²) in [4.78, 5) is 27.2. The molecule has 1 amide bonds. The van der Waals surface area contributed by atoms with Gasteiger partial charge >= 0.3 is 5.97 Å². The van der Waals surface area contributed by atoms with Crippen LogP contribution in [0.1, 0.15) is 35.2 Å². The number of amides is 1. The molecule has 1 aromatic carbocycles. The van der Waals surface area contributed by atoms with Crippen molar-refractivity contribution in [3.63, 3.8) is 0 Å². The monoisotopic (exact) mass is 290 g/mol. The van der Waals surface area contributed by atoms with Gasteiger partial charge in [-0.3, -0.25) is 9.59 Å². The number of nitrogens with zero attached hydrogens (tertiary/aromatic N) is 2. The van der Waals surface area contributed by atoms with Crippen LogP contribution in [0.4, 0.5) is 0 Å². The molecule has 1 N–H and O–H groups in total. The fourth-order valence-electron chi connectivity index (χ4n) is 2.53. The van der Waals surface area contributed by atoms with E-state index in [1.807, 2.05) is 24.0 Å². The second kappa shape index (κ2) is 6.72. The number of carboxylic acid groups (broad SMARTS) is 1. The minimum Gasteiger partial charge on any atom is -0.481 e. The van der Waals surface area contributed by atoms with E-state index in [9.17, 15) is 9.59 Å². The minimum absolute atomic E-state index is 0.0460. The number of aliphatic carboxylic acids is 1. The molecule has 0 aliphatic carbocycles. The highest BCUT2D eigenvalue weighted by Gasteiger charge is 2.20. The molecule has 1 aliphatic heterocycles. The lowest BCUT2D eigenvalue weighted by Crippen LogP contribution is -2.47. The molecule has 5 heteroatoms. The summed E-state index contributed by atoms with van der Waals surface area (Å²) in [6.07, 6.45) is 0.103. The van der Waals surface area contributed by atoms with Crippen molar-refractivity contribution in [3.8, 4) is 0 Å². The van der Waals surface area contributed by atoms with Crippen LogP contribution in [0.15, 0.2) is 24.3 Å². The van der Waals surface area contributed by atoms with Crippen molar-refractivity contribution >= 4 is 11.9 Å². The average Bonchev–Trinajstić information content (AvgIpc) is 2.47. The maximum atomic E-state index is 12.4. The molecule has 1 atom stereocenters. The van der Waals surface area contributed by atoms with Gasteiger partial charge in [0.25, 0.3) is 5.91 Å². The third kappa shape index (κ3) is 4.04. The highest BCUT2D eigenvalue weighted by atomic mass is 16.4. The smallest absolute Gasteiger partial charge is 0.303 e. The number of hydrogen-bond donors (Lipinski definition) is 1. The van der Waals surface area contributed by atoms with Crippen molar-refractivity contribution in [2.75, 3.05) is 33.2 Å². The second-order valence-electron chi connectivity index (χ2n) is 5.72. The van der Waals surface area contributed by atoms with Gasteiger partial charge in [-0.2, -0.15) is 0 Å². The Morgan fingerprint density at radius 3 is 2.24 bits per heavy atom. The van der Waals surface area contributed by atoms with Crippen LogP contribution in [0.2, 0.25) is 0 Å². The van der Waals surface area contributed by atoms with Crippen molar-refractivity contribution < 1.29 is 14.7 Å². The SMILES string of the molecule is CC(CC(=O)O)c1ccc(C(=O)N2CCN(C)CC2)cc1. The van der Waals surface area contributed by atoms with E-state index in [1.165, 1.54) is 0 Å². The van der Waals surface area contributed by atoms with Crippen molar-refractivity contribution in [1.82, 2.24) is 9.80 Å². The zero-order valence-corrected chi connectivity index (χ0v) is 12.6. The quantitative estimate of drug-likeness (QED) is 0.916. The van der Waals surface area contributed by atoms with Crippen LogP contribution >= 0.6 is 0 Å². The van der Waals surface area contributed by atoms with E-state index in [0.29, 0.717) is 5.56 Å². The van der Waals surface area contributed by atoms with Crippen molar-refractivity contribution in [2.45, 2.75) is 19.3 Å². The van der Waals surface area contributed by atoms with Gasteiger partial charge in [0, 0.05) is 31.7 Å². The summed E-state index contributed by atoms with van der Waals surface area (Å²) in [7, 11) is 2.06. The molecule has 0 aromatic heterocycles. The molecular formula is C16H22N2O3. The number of rotatable bonds is 4. The van der Waals surface area contributed by atoms with Gasteiger partial charge in [-0.15, -0.1) is 0 Å². The summed E-state index contributed by atoms with van der Waals surface area (Å²) in [5, 5.41) is 8.81. The summed E-state index contributed by atoms with van der Waals surface area (Å²) in [6.45, 7) is 5.20. The molecule has 0 saturated carbocycles. The van der Waals surface area contributed by atoms with Crippen LogP contribution in [0.3, 0.4) is 0 Å². The van der Waals surface area contributed by atoms with Gasteiger partial charge in [0.2, 0.25) is 0 Å². The fraction of sp³-hybridized carbons (Fsp3) is 0.500. The third-order valence-corrected chi connectivity index (χ3v) is 4.00. The fourth-order valence-corrected chi connectivity index (χ4v) is 2.53. The Hall–Kier alpha value is -1.88. The number of piperazine rings is 1. The molecule has 1 aromatic rings. The molecule has 114 valence electrons. The molecule has 2 rings (SSSR count). The zero-order valence-electron chi connectivity index (χ0n) is 12.6. The first kappa shape index (κ1) is 15.5. The first-order valence-corrected chi connectivity index (χ1v) is 7.27. The van der Waals surface area contributed by atoms with Crippen molar-refractivity contribution in [1.29, 1.82) is 0 Å². The number of carbonyl (C=O) groups excluding carboxylic acids is 1. The predicted molar refractivity (Wildman–Crippen MR) is 80.5 cm³/mol. The summed E-state index contributed by atoms with van der Waals surface area (Å²) >= 11 is 0. The lowest BCUT2D eigenvalue weighted by atomic mass is 9.96. The molecule has 1 fully saturated rings. The highest BCUT2D eigenvalue weighted by Crippen LogP contribution is 2.20. The molecule has 0 spiro atoms. The van der Waals surface area contributed by atoms with Crippen LogP contribution in [0.25, 0.3) is 0 Å². The Balaban J connectivity index is 2.01. The summed E-state index contributed by atoms with van der Waals surface area (Å²) in [5.41, 5.74) is 1.62. The van der Waals surface area contributed by atoms with Gasteiger partial charge in [0.05, 0.1) is 6.42 Å². The standard InChI is InChI=1S/C16H22N2O3/c1-12(11-15(19)20)13-3-5-14(6-4-13)16(21)18-9-7-17(2)8-10-18/h3-6,12H,7-11H2,1-2H3,(H,19,20). The highest BCUT2D eigenvalue weighted by molar-refractivity contribution is 5.94. The number of likely N-dealkylation sites (N-methyl/N-ethyl adjacent to an activating group) is 1. The summed E-state index contributed by atoms with van der Waals surface area (Å²) in [5.74, 6) is -0.795. The van der Waals surface area contributed by atoms with Gasteiger partial charge < -0.3 is 14.9 Å². The molecule has 1 saturated heterocycles. The maximum Gasteiger partial charge on any atom is 0.303 e. The number of carboxylic acids is 1. The molecule has 1 unspecified atom stereocenters. The molecule has 1 aliphatic rings. The van der Waals surface area contributed by atoms with Gasteiger partial charge in [-0.1, -0.05) is 19.1 Å². The molecule has 0 radical (unpaired) electrons. The largest absolute Gasteiger partial charge is 0.481 e. The van der Waals surface area contributed by atoms with Gasteiger partial charge in [-0.25, -0.2) is 0 Å². The van der Waals surface area contributed by atoms with E-state index in [1.54, 1.807) is 12.1 Å². The van der Waals surface area contributed by atoms with E-state index in [4.69, 9.17) is 5.11 Å². The molecule has 1 heterocycles. The first-order chi connectivity index (χ1) is 9.97. The van der Waals surface area contributed by atoms with E-state index in [0.717, 1.165) is 31.7 Å². The van der Waals surface area contributed by atoms with Crippen LogP contribution < -0.4 is 0 Å². The maximum absolute atomic E-state index is 12.4.